The number of rotatable bonds is 3. The number of benzene rings is 1. The number of carbonyl (C=O) groups is 2. The Labute approximate surface area is 106 Å². The molecule has 1 aliphatic carbocycles. The van der Waals surface area contributed by atoms with Gasteiger partial charge in [-0.3, -0.25) is 14.5 Å². The number of imide groups is 1. The smallest absolute Gasteiger partial charge is 0.260 e. The van der Waals surface area contributed by atoms with Gasteiger partial charge in [-0.1, -0.05) is 18.2 Å². The van der Waals surface area contributed by atoms with E-state index in [0.29, 0.717) is 24.4 Å². The number of amides is 2. The third-order valence-electron chi connectivity index (χ3n) is 3.76. The highest BCUT2D eigenvalue weighted by Crippen LogP contribution is 2.32. The van der Waals surface area contributed by atoms with Crippen molar-refractivity contribution in [3.05, 3.63) is 35.4 Å². The van der Waals surface area contributed by atoms with Crippen molar-refractivity contribution in [3.8, 4) is 0 Å². The van der Waals surface area contributed by atoms with Crippen LogP contribution >= 0.6 is 0 Å². The van der Waals surface area contributed by atoms with Crippen molar-refractivity contribution in [2.45, 2.75) is 25.3 Å². The fourth-order valence-corrected chi connectivity index (χ4v) is 2.47. The third kappa shape index (κ3) is 1.93. The van der Waals surface area contributed by atoms with Gasteiger partial charge in [0.1, 0.15) is 0 Å². The van der Waals surface area contributed by atoms with Gasteiger partial charge in [-0.2, -0.15) is 0 Å². The van der Waals surface area contributed by atoms with Crippen molar-refractivity contribution < 1.29 is 9.59 Å². The van der Waals surface area contributed by atoms with Gasteiger partial charge in [0.25, 0.3) is 5.91 Å². The quantitative estimate of drug-likeness (QED) is 0.805. The van der Waals surface area contributed by atoms with Gasteiger partial charge in [0, 0.05) is 18.2 Å². The summed E-state index contributed by atoms with van der Waals surface area (Å²) >= 11 is 0. The molecule has 18 heavy (non-hydrogen) atoms. The average molecular weight is 244 g/mol. The Morgan fingerprint density at radius 1 is 1.28 bits per heavy atom. The van der Waals surface area contributed by atoms with Crippen LogP contribution in [0.1, 0.15) is 28.8 Å². The number of hydrogen-bond acceptors (Lipinski definition) is 3. The first kappa shape index (κ1) is 11.4. The summed E-state index contributed by atoms with van der Waals surface area (Å²) in [6.45, 7) is 0.358. The lowest BCUT2D eigenvalue weighted by molar-refractivity contribution is -0.128. The predicted octanol–water partition coefficient (Wildman–Crippen LogP) is 0.949. The summed E-state index contributed by atoms with van der Waals surface area (Å²) in [5.74, 6) is 0.163. The Hall–Kier alpha value is -1.68. The van der Waals surface area contributed by atoms with E-state index in [1.807, 2.05) is 18.2 Å². The minimum Gasteiger partial charge on any atom is -0.326 e. The first-order valence-electron chi connectivity index (χ1n) is 6.35. The van der Waals surface area contributed by atoms with Gasteiger partial charge in [-0.15, -0.1) is 0 Å². The molecule has 0 radical (unpaired) electrons. The minimum absolute atomic E-state index is 0.0665. The molecule has 4 nitrogen and oxygen atoms in total. The molecule has 1 heterocycles. The molecule has 2 amide bonds. The van der Waals surface area contributed by atoms with E-state index < -0.39 is 0 Å². The predicted molar refractivity (Wildman–Crippen MR) is 66.9 cm³/mol. The van der Waals surface area contributed by atoms with E-state index in [0.717, 1.165) is 18.4 Å². The lowest BCUT2D eigenvalue weighted by Crippen LogP contribution is -2.48. The van der Waals surface area contributed by atoms with Crippen LogP contribution in [-0.4, -0.2) is 29.3 Å². The molecule has 1 aromatic carbocycles. The van der Waals surface area contributed by atoms with Gasteiger partial charge in [-0.25, -0.2) is 0 Å². The van der Waals surface area contributed by atoms with Crippen molar-refractivity contribution >= 4 is 11.8 Å². The van der Waals surface area contributed by atoms with E-state index in [4.69, 9.17) is 5.73 Å². The fourth-order valence-electron chi connectivity index (χ4n) is 2.47. The lowest BCUT2D eigenvalue weighted by Gasteiger charge is -2.28. The van der Waals surface area contributed by atoms with E-state index in [2.05, 4.69) is 0 Å². The highest BCUT2D eigenvalue weighted by atomic mass is 16.2. The number of nitrogens with two attached hydrogens (primary N) is 1. The molecule has 2 N–H and O–H groups in total. The zero-order valence-electron chi connectivity index (χ0n) is 10.1. The molecule has 1 aromatic rings. The summed E-state index contributed by atoms with van der Waals surface area (Å²) in [6.07, 6.45) is 2.54. The summed E-state index contributed by atoms with van der Waals surface area (Å²) in [4.78, 5) is 25.6. The maximum atomic E-state index is 12.3. The monoisotopic (exact) mass is 244 g/mol. The van der Waals surface area contributed by atoms with E-state index in [1.165, 1.54) is 4.90 Å². The van der Waals surface area contributed by atoms with Crippen molar-refractivity contribution in [2.24, 2.45) is 11.7 Å². The highest BCUT2D eigenvalue weighted by Gasteiger charge is 2.35. The summed E-state index contributed by atoms with van der Waals surface area (Å²) in [5, 5.41) is 0. The van der Waals surface area contributed by atoms with Crippen LogP contribution in [0.5, 0.6) is 0 Å². The van der Waals surface area contributed by atoms with Crippen LogP contribution in [0.2, 0.25) is 0 Å². The molecular weight excluding hydrogens is 228 g/mol. The second kappa shape index (κ2) is 4.21. The zero-order chi connectivity index (χ0) is 12.7. The minimum atomic E-state index is -0.196. The number of hydrogen-bond donors (Lipinski definition) is 1. The van der Waals surface area contributed by atoms with Gasteiger partial charge >= 0.3 is 0 Å². The summed E-state index contributed by atoms with van der Waals surface area (Å²) < 4.78 is 0. The zero-order valence-corrected chi connectivity index (χ0v) is 10.1. The molecule has 0 bridgehead atoms. The topological polar surface area (TPSA) is 63.4 Å². The van der Waals surface area contributed by atoms with Gasteiger partial charge in [0.2, 0.25) is 5.91 Å². The molecular formula is C14H16N2O2. The van der Waals surface area contributed by atoms with Crippen molar-refractivity contribution in [1.29, 1.82) is 0 Å². The third-order valence-corrected chi connectivity index (χ3v) is 3.76. The van der Waals surface area contributed by atoms with Gasteiger partial charge in [-0.05, 0) is 30.4 Å². The molecule has 3 rings (SSSR count). The van der Waals surface area contributed by atoms with Gasteiger partial charge in [0.15, 0.2) is 0 Å². The highest BCUT2D eigenvalue weighted by molar-refractivity contribution is 6.09. The van der Waals surface area contributed by atoms with Gasteiger partial charge < -0.3 is 5.73 Å². The van der Waals surface area contributed by atoms with Crippen LogP contribution in [0, 0.1) is 5.92 Å². The molecule has 1 unspecified atom stereocenters. The summed E-state index contributed by atoms with van der Waals surface area (Å²) in [5.41, 5.74) is 7.47. The second-order valence-electron chi connectivity index (χ2n) is 5.14. The first-order valence-corrected chi connectivity index (χ1v) is 6.35. The molecule has 4 heteroatoms. The maximum Gasteiger partial charge on any atom is 0.260 e. The summed E-state index contributed by atoms with van der Waals surface area (Å²) in [6, 6.07) is 7.22. The number of nitrogens with zero attached hydrogens (tertiary/aromatic N) is 1. The van der Waals surface area contributed by atoms with Crippen LogP contribution in [0.3, 0.4) is 0 Å². The Morgan fingerprint density at radius 3 is 2.72 bits per heavy atom. The van der Waals surface area contributed by atoms with Crippen LogP contribution in [-0.2, 0) is 11.2 Å². The average Bonchev–Trinajstić information content (AvgIpc) is 3.18. The van der Waals surface area contributed by atoms with Crippen LogP contribution < -0.4 is 5.73 Å². The number of carbonyl (C=O) groups excluding carboxylic acids is 2. The lowest BCUT2D eigenvalue weighted by atomic mass is 9.98. The molecule has 1 saturated carbocycles. The molecule has 2 aliphatic rings. The Bertz CT molecular complexity index is 508. The SMILES string of the molecule is NC(CN1C(=O)Cc2ccccc2C1=O)C1CC1. The molecule has 94 valence electrons. The largest absolute Gasteiger partial charge is 0.326 e. The van der Waals surface area contributed by atoms with Crippen molar-refractivity contribution in [2.75, 3.05) is 6.54 Å². The second-order valence-corrected chi connectivity index (χ2v) is 5.14. The Kier molecular flexibility index (Phi) is 2.67. The summed E-state index contributed by atoms with van der Waals surface area (Å²) in [7, 11) is 0. The number of fused-ring (bicyclic) bond motifs is 1. The molecule has 0 saturated heterocycles. The Balaban J connectivity index is 1.83. The molecule has 0 spiro atoms. The van der Waals surface area contributed by atoms with Crippen LogP contribution in [0.4, 0.5) is 0 Å². The Morgan fingerprint density at radius 2 is 2.00 bits per heavy atom. The van der Waals surface area contributed by atoms with Gasteiger partial charge in [0.05, 0.1) is 6.42 Å². The van der Waals surface area contributed by atoms with Crippen LogP contribution in [0.25, 0.3) is 0 Å². The van der Waals surface area contributed by atoms with Crippen LogP contribution in [0.15, 0.2) is 24.3 Å². The maximum absolute atomic E-state index is 12.3. The molecule has 0 aromatic heterocycles. The standard InChI is InChI=1S/C14H16N2O2/c15-12(9-5-6-9)8-16-13(17)7-10-3-1-2-4-11(10)14(16)18/h1-4,9,12H,5-8,15H2. The fraction of sp³-hybridized carbons (Fsp3) is 0.429. The van der Waals surface area contributed by atoms with Crippen molar-refractivity contribution in [3.63, 3.8) is 0 Å². The van der Waals surface area contributed by atoms with Crippen molar-refractivity contribution in [1.82, 2.24) is 4.90 Å². The first-order chi connectivity index (χ1) is 8.66. The molecule has 1 atom stereocenters. The molecule has 1 fully saturated rings. The van der Waals surface area contributed by atoms with E-state index in [-0.39, 0.29) is 17.9 Å². The normalized spacial score (nSPS) is 20.8. The molecule has 1 aliphatic heterocycles. The van der Waals surface area contributed by atoms with E-state index in [1.54, 1.807) is 6.07 Å². The van der Waals surface area contributed by atoms with E-state index >= 15 is 0 Å². The van der Waals surface area contributed by atoms with E-state index in [9.17, 15) is 9.59 Å².